The highest BCUT2D eigenvalue weighted by Crippen LogP contribution is 2.37. The molecule has 1 aliphatic rings. The number of nitro groups is 1. The van der Waals surface area contributed by atoms with E-state index in [4.69, 9.17) is 11.1 Å². The number of aryl methyl sites for hydroxylation is 1. The van der Waals surface area contributed by atoms with Gasteiger partial charge in [0.15, 0.2) is 0 Å². The Morgan fingerprint density at radius 2 is 1.58 bits per heavy atom. The fourth-order valence-corrected chi connectivity index (χ4v) is 7.64. The number of carbonyl (C=O) groups is 3. The quantitative estimate of drug-likeness (QED) is 0.0469. The smallest absolute Gasteiger partial charge is 0.348 e. The van der Waals surface area contributed by atoms with Crippen molar-refractivity contribution in [2.24, 2.45) is 11.7 Å². The minimum absolute atomic E-state index is 0.0541. The van der Waals surface area contributed by atoms with Crippen molar-refractivity contribution in [3.63, 3.8) is 0 Å². The number of anilines is 2. The van der Waals surface area contributed by atoms with E-state index in [1.54, 1.807) is 24.8 Å². The number of benzene rings is 1. The Labute approximate surface area is 266 Å². The number of nitrogens with zero attached hydrogens (tertiary/aromatic N) is 1. The number of hydrogen-bond donors (Lipinski definition) is 4. The molecule has 4 rings (SSSR count). The van der Waals surface area contributed by atoms with E-state index >= 15 is 0 Å². The minimum atomic E-state index is -0.528. The van der Waals surface area contributed by atoms with Crippen LogP contribution in [0.25, 0.3) is 0 Å². The third-order valence-electron chi connectivity index (χ3n) is 6.57. The average Bonchev–Trinajstić information content (AvgIpc) is 3.61. The number of thiophene rings is 2. The number of nitro benzene ring substituents is 1. The molecule has 15 heteroatoms. The number of amidine groups is 1. The molecule has 1 aliphatic carbocycles. The van der Waals surface area contributed by atoms with Gasteiger partial charge in [-0.1, -0.05) is 25.3 Å². The van der Waals surface area contributed by atoms with Crippen molar-refractivity contribution < 1.29 is 24.0 Å². The molecule has 2 heterocycles. The van der Waals surface area contributed by atoms with Gasteiger partial charge < -0.3 is 21.1 Å². The second-order valence-corrected chi connectivity index (χ2v) is 13.7. The first-order valence-corrected chi connectivity index (χ1v) is 17.2. The first-order chi connectivity index (χ1) is 20.5. The molecule has 0 atom stereocenters. The lowest BCUT2D eigenvalue weighted by Gasteiger charge is -2.20. The summed E-state index contributed by atoms with van der Waals surface area (Å²) in [5.74, 6) is -0.658. The molecule has 11 nitrogen and oxygen atoms in total. The zero-order valence-electron chi connectivity index (χ0n) is 24.1. The van der Waals surface area contributed by atoms with E-state index in [1.807, 2.05) is 12.5 Å². The number of esters is 1. The lowest BCUT2D eigenvalue weighted by Crippen LogP contribution is -2.24. The number of nitrogens with two attached hydrogens (primary N) is 1. The van der Waals surface area contributed by atoms with Crippen LogP contribution in [0.2, 0.25) is 0 Å². The van der Waals surface area contributed by atoms with Gasteiger partial charge >= 0.3 is 5.97 Å². The van der Waals surface area contributed by atoms with Gasteiger partial charge in [-0.25, -0.2) is 4.79 Å². The van der Waals surface area contributed by atoms with Gasteiger partial charge in [-0.05, 0) is 50.5 Å². The summed E-state index contributed by atoms with van der Waals surface area (Å²) in [6.45, 7) is 1.60. The summed E-state index contributed by atoms with van der Waals surface area (Å²) < 4.78 is 6.42. The molecule has 0 radical (unpaired) electrons. The topological polar surface area (TPSA) is 178 Å². The maximum absolute atomic E-state index is 12.4. The Morgan fingerprint density at radius 1 is 1.00 bits per heavy atom. The van der Waals surface area contributed by atoms with E-state index in [0.717, 1.165) is 39.8 Å². The van der Waals surface area contributed by atoms with E-state index in [-0.39, 0.29) is 28.9 Å². The van der Waals surface area contributed by atoms with E-state index in [1.165, 1.54) is 72.2 Å². The van der Waals surface area contributed by atoms with Crippen LogP contribution in [0.4, 0.5) is 17.1 Å². The molecule has 0 unspecified atom stereocenters. The molecule has 43 heavy (non-hydrogen) atoms. The lowest BCUT2D eigenvalue weighted by atomic mass is 9.88. The van der Waals surface area contributed by atoms with Crippen LogP contribution in [0, 0.1) is 28.4 Å². The summed E-state index contributed by atoms with van der Waals surface area (Å²) in [4.78, 5) is 47.7. The second kappa shape index (κ2) is 15.9. The van der Waals surface area contributed by atoms with Crippen LogP contribution >= 0.6 is 46.2 Å². The molecule has 1 fully saturated rings. The fraction of sp³-hybridized carbons (Fsp3) is 0.357. The normalized spacial score (nSPS) is 12.9. The molecule has 0 bridgehead atoms. The molecular formula is C28H33N5O6S4. The predicted molar refractivity (Wildman–Crippen MR) is 176 cm³/mol. The number of ether oxygens (including phenoxy) is 1. The number of nitrogens with one attached hydrogen (secondary N) is 3. The number of methoxy groups -OCH3 is 1. The van der Waals surface area contributed by atoms with Crippen LogP contribution in [0.1, 0.15) is 62.6 Å². The molecule has 5 N–H and O–H groups in total. The van der Waals surface area contributed by atoms with Gasteiger partial charge in [0, 0.05) is 23.1 Å². The maximum Gasteiger partial charge on any atom is 0.348 e. The van der Waals surface area contributed by atoms with Crippen LogP contribution in [0.15, 0.2) is 38.8 Å². The summed E-state index contributed by atoms with van der Waals surface area (Å²) in [5.41, 5.74) is 7.30. The molecule has 0 aliphatic heterocycles. The Bertz CT molecular complexity index is 1510. The van der Waals surface area contributed by atoms with Gasteiger partial charge in [0.25, 0.3) is 11.6 Å². The van der Waals surface area contributed by atoms with Gasteiger partial charge in [-0.15, -0.1) is 46.2 Å². The van der Waals surface area contributed by atoms with Gasteiger partial charge in [0.2, 0.25) is 5.91 Å². The summed E-state index contributed by atoms with van der Waals surface area (Å²) >= 11 is 5.61. The van der Waals surface area contributed by atoms with Crippen molar-refractivity contribution in [1.29, 1.82) is 5.41 Å². The van der Waals surface area contributed by atoms with E-state index < -0.39 is 16.8 Å². The number of nitrogen functional groups attached to an aromatic ring is 1. The Morgan fingerprint density at radius 3 is 2.14 bits per heavy atom. The fourth-order valence-electron chi connectivity index (χ4n) is 4.30. The second-order valence-electron chi connectivity index (χ2n) is 9.47. The molecule has 3 aromatic rings. The molecule has 0 spiro atoms. The van der Waals surface area contributed by atoms with Crippen molar-refractivity contribution in [3.8, 4) is 0 Å². The number of hydrogen-bond acceptors (Lipinski definition) is 11. The number of carbonyl (C=O) groups excluding carboxylic acids is 3. The predicted octanol–water partition coefficient (Wildman–Crippen LogP) is 7.00. The highest BCUT2D eigenvalue weighted by atomic mass is 32.2. The first kappa shape index (κ1) is 34.1. The summed E-state index contributed by atoms with van der Waals surface area (Å²) in [6.07, 6.45) is 9.30. The molecule has 2 aromatic heterocycles. The zero-order valence-corrected chi connectivity index (χ0v) is 27.4. The number of rotatable bonds is 9. The van der Waals surface area contributed by atoms with Crippen molar-refractivity contribution in [3.05, 3.63) is 61.3 Å². The largest absolute Gasteiger partial charge is 0.465 e. The van der Waals surface area contributed by atoms with Crippen molar-refractivity contribution >= 4 is 86.9 Å². The van der Waals surface area contributed by atoms with Crippen LogP contribution in [-0.4, -0.2) is 48.2 Å². The highest BCUT2D eigenvalue weighted by molar-refractivity contribution is 8.00. The Balaban J connectivity index is 0.000000242. The standard InChI is InChI=1S/C15H14N2O5S2.C13H19N3OS2/c1-8-4-5-9(6-11(8)17(20)21)13(18)16-10-7-12(14(19)22-2)24-15(10)23-3;1-18-13-9(7-10(19-13)11(14)15)16-12(17)8-5-3-2-4-6-8/h4-7H,1-3H3,(H,16,18);7-8H,2-6H2,1H3,(H3,14,15)(H,16,17). The van der Waals surface area contributed by atoms with Crippen molar-refractivity contribution in [2.75, 3.05) is 30.3 Å². The van der Waals surface area contributed by atoms with Crippen molar-refractivity contribution in [2.45, 2.75) is 47.4 Å². The summed E-state index contributed by atoms with van der Waals surface area (Å²) in [5, 5.41) is 24.1. The van der Waals surface area contributed by atoms with Crippen LogP contribution < -0.4 is 16.4 Å². The Kier molecular flexibility index (Phi) is 12.6. The molecule has 1 aromatic carbocycles. The van der Waals surface area contributed by atoms with Gasteiger partial charge in [-0.3, -0.25) is 25.1 Å². The van der Waals surface area contributed by atoms with E-state index in [2.05, 4.69) is 15.4 Å². The summed E-state index contributed by atoms with van der Waals surface area (Å²) in [7, 11) is 1.28. The van der Waals surface area contributed by atoms with Gasteiger partial charge in [0.1, 0.15) is 10.7 Å². The van der Waals surface area contributed by atoms with E-state index in [9.17, 15) is 24.5 Å². The molecule has 230 valence electrons. The third kappa shape index (κ3) is 9.05. The SMILES string of the molecule is COC(=O)c1cc(NC(=O)c2ccc(C)c([N+](=O)[O-])c2)c(SC)s1.CSc1sc(C(=N)N)cc1NC(=O)C1CCCCC1. The lowest BCUT2D eigenvalue weighted by molar-refractivity contribution is -0.385. The average molecular weight is 664 g/mol. The van der Waals surface area contributed by atoms with Gasteiger partial charge in [-0.2, -0.15) is 0 Å². The molecule has 0 saturated heterocycles. The van der Waals surface area contributed by atoms with Crippen LogP contribution in [-0.2, 0) is 9.53 Å². The number of amides is 2. The first-order valence-electron chi connectivity index (χ1n) is 13.1. The minimum Gasteiger partial charge on any atom is -0.465 e. The molecule has 1 saturated carbocycles. The maximum atomic E-state index is 12.4. The molecule has 2 amide bonds. The zero-order chi connectivity index (χ0) is 31.7. The van der Waals surface area contributed by atoms with Gasteiger partial charge in [0.05, 0.1) is 36.7 Å². The van der Waals surface area contributed by atoms with Crippen LogP contribution in [0.3, 0.4) is 0 Å². The highest BCUT2D eigenvalue weighted by Gasteiger charge is 2.23. The monoisotopic (exact) mass is 663 g/mol. The van der Waals surface area contributed by atoms with Crippen LogP contribution in [0.5, 0.6) is 0 Å². The third-order valence-corrected chi connectivity index (χ3v) is 11.1. The van der Waals surface area contributed by atoms with E-state index in [0.29, 0.717) is 21.0 Å². The summed E-state index contributed by atoms with van der Waals surface area (Å²) in [6, 6.07) is 7.61. The molecular weight excluding hydrogens is 631 g/mol. The number of thioether (sulfide) groups is 2. The van der Waals surface area contributed by atoms with Crippen molar-refractivity contribution in [1.82, 2.24) is 0 Å². The Hall–Kier alpha value is -3.40.